The normalized spacial score (nSPS) is 12.1. The summed E-state index contributed by atoms with van der Waals surface area (Å²) in [5.74, 6) is -0.511. The minimum atomic E-state index is -0.415. The Morgan fingerprint density at radius 2 is 2.08 bits per heavy atom. The Labute approximate surface area is 159 Å². The molecule has 2 N–H and O–H groups in total. The molecule has 0 aliphatic rings. The van der Waals surface area contributed by atoms with Gasteiger partial charge in [0, 0.05) is 29.6 Å². The standard InChI is InChI=1S/C20H27ClN2O3/c1-2-15(8-6-12-26-19(24)13-21)20(25)22-11-5-7-16-14-23-18-10-4-3-9-17(16)18/h3-4,9-10,14-15,23H,2,5-8,11-13H2,1H3,(H,22,25). The molecule has 2 rings (SSSR count). The minimum Gasteiger partial charge on any atom is -0.465 e. The number of fused-ring (bicyclic) bond motifs is 1. The van der Waals surface area contributed by atoms with Crippen molar-refractivity contribution >= 4 is 34.4 Å². The molecule has 0 aliphatic heterocycles. The van der Waals surface area contributed by atoms with Gasteiger partial charge in [-0.05, 0) is 43.7 Å². The third-order valence-corrected chi connectivity index (χ3v) is 4.75. The molecule has 1 heterocycles. The Balaban J connectivity index is 1.67. The Bertz CT molecular complexity index is 714. The zero-order chi connectivity index (χ0) is 18.8. The summed E-state index contributed by atoms with van der Waals surface area (Å²) in [5.41, 5.74) is 2.43. The first kappa shape index (κ1) is 20.3. The number of ether oxygens (including phenoxy) is 1. The van der Waals surface area contributed by atoms with Gasteiger partial charge in [-0.1, -0.05) is 25.1 Å². The van der Waals surface area contributed by atoms with Crippen LogP contribution in [0.1, 0.15) is 38.2 Å². The van der Waals surface area contributed by atoms with Crippen LogP contribution in [-0.4, -0.2) is 35.9 Å². The first-order chi connectivity index (χ1) is 12.7. The summed E-state index contributed by atoms with van der Waals surface area (Å²) >= 11 is 5.37. The summed E-state index contributed by atoms with van der Waals surface area (Å²) < 4.78 is 4.94. The maximum atomic E-state index is 12.3. The summed E-state index contributed by atoms with van der Waals surface area (Å²) in [5, 5.41) is 4.27. The molecule has 6 heteroatoms. The molecule has 0 spiro atoms. The van der Waals surface area contributed by atoms with Crippen LogP contribution in [0.15, 0.2) is 30.5 Å². The highest BCUT2D eigenvalue weighted by Crippen LogP contribution is 2.18. The van der Waals surface area contributed by atoms with Crippen molar-refractivity contribution in [3.63, 3.8) is 0 Å². The van der Waals surface area contributed by atoms with Gasteiger partial charge in [-0.3, -0.25) is 9.59 Å². The van der Waals surface area contributed by atoms with Crippen LogP contribution in [-0.2, 0) is 20.7 Å². The minimum absolute atomic E-state index is 0.0437. The predicted molar refractivity (Wildman–Crippen MR) is 104 cm³/mol. The fraction of sp³-hybridized carbons (Fsp3) is 0.500. The van der Waals surface area contributed by atoms with Crippen molar-refractivity contribution in [3.05, 3.63) is 36.0 Å². The van der Waals surface area contributed by atoms with Crippen molar-refractivity contribution < 1.29 is 14.3 Å². The van der Waals surface area contributed by atoms with Gasteiger partial charge in [0.25, 0.3) is 0 Å². The molecule has 1 aromatic carbocycles. The van der Waals surface area contributed by atoms with E-state index in [1.165, 1.54) is 10.9 Å². The smallest absolute Gasteiger partial charge is 0.320 e. The molecule has 0 aliphatic carbocycles. The SMILES string of the molecule is CCC(CCCOC(=O)CCl)C(=O)NCCCc1c[nH]c2ccccc12. The molecule has 0 radical (unpaired) electrons. The van der Waals surface area contributed by atoms with Gasteiger partial charge in [-0.2, -0.15) is 0 Å². The van der Waals surface area contributed by atoms with Crippen molar-refractivity contribution in [2.45, 2.75) is 39.0 Å². The van der Waals surface area contributed by atoms with Crippen molar-refractivity contribution in [2.75, 3.05) is 19.0 Å². The van der Waals surface area contributed by atoms with Crippen LogP contribution in [0, 0.1) is 5.92 Å². The van der Waals surface area contributed by atoms with E-state index in [4.69, 9.17) is 16.3 Å². The summed E-state index contributed by atoms with van der Waals surface area (Å²) in [6, 6.07) is 8.24. The van der Waals surface area contributed by atoms with E-state index in [2.05, 4.69) is 22.4 Å². The van der Waals surface area contributed by atoms with Gasteiger partial charge in [0.15, 0.2) is 0 Å². The van der Waals surface area contributed by atoms with Gasteiger partial charge < -0.3 is 15.0 Å². The van der Waals surface area contributed by atoms with E-state index in [9.17, 15) is 9.59 Å². The van der Waals surface area contributed by atoms with Gasteiger partial charge in [0.1, 0.15) is 5.88 Å². The van der Waals surface area contributed by atoms with E-state index in [1.807, 2.05) is 25.3 Å². The zero-order valence-corrected chi connectivity index (χ0v) is 16.0. The Hall–Kier alpha value is -2.01. The highest BCUT2D eigenvalue weighted by molar-refractivity contribution is 6.26. The van der Waals surface area contributed by atoms with Crippen molar-refractivity contribution in [2.24, 2.45) is 5.92 Å². The van der Waals surface area contributed by atoms with Crippen LogP contribution in [0.25, 0.3) is 10.9 Å². The highest BCUT2D eigenvalue weighted by Gasteiger charge is 2.16. The summed E-state index contributed by atoms with van der Waals surface area (Å²) in [6.07, 6.45) is 6.03. The second-order valence-electron chi connectivity index (χ2n) is 6.36. The fourth-order valence-electron chi connectivity index (χ4n) is 3.05. The number of carbonyl (C=O) groups excluding carboxylic acids is 2. The van der Waals surface area contributed by atoms with Gasteiger partial charge in [-0.25, -0.2) is 0 Å². The predicted octanol–water partition coefficient (Wildman–Crippen LogP) is 3.81. The van der Waals surface area contributed by atoms with Crippen molar-refractivity contribution in [1.29, 1.82) is 0 Å². The van der Waals surface area contributed by atoms with E-state index >= 15 is 0 Å². The van der Waals surface area contributed by atoms with Crippen LogP contribution in [0.3, 0.4) is 0 Å². The first-order valence-corrected chi connectivity index (χ1v) is 9.73. The number of H-pyrrole nitrogens is 1. The zero-order valence-electron chi connectivity index (χ0n) is 15.2. The fourth-order valence-corrected chi connectivity index (χ4v) is 3.13. The Morgan fingerprint density at radius 1 is 1.27 bits per heavy atom. The van der Waals surface area contributed by atoms with Crippen LogP contribution >= 0.6 is 11.6 Å². The molecule has 2 aromatic rings. The van der Waals surface area contributed by atoms with Crippen LogP contribution in [0.2, 0.25) is 0 Å². The van der Waals surface area contributed by atoms with Gasteiger partial charge in [0.05, 0.1) is 6.61 Å². The number of para-hydroxylation sites is 1. The molecule has 26 heavy (non-hydrogen) atoms. The topological polar surface area (TPSA) is 71.2 Å². The quantitative estimate of drug-likeness (QED) is 0.355. The molecule has 1 atom stereocenters. The number of aromatic nitrogens is 1. The summed E-state index contributed by atoms with van der Waals surface area (Å²) in [6.45, 7) is 2.98. The van der Waals surface area contributed by atoms with Gasteiger partial charge >= 0.3 is 5.97 Å². The largest absolute Gasteiger partial charge is 0.465 e. The van der Waals surface area contributed by atoms with Gasteiger partial charge in [0.2, 0.25) is 5.91 Å². The maximum absolute atomic E-state index is 12.3. The number of benzene rings is 1. The lowest BCUT2D eigenvalue weighted by Crippen LogP contribution is -2.31. The van der Waals surface area contributed by atoms with Crippen molar-refractivity contribution in [1.82, 2.24) is 10.3 Å². The Kier molecular flexibility index (Phi) is 8.48. The number of esters is 1. The number of aryl methyl sites for hydroxylation is 1. The molecule has 0 bridgehead atoms. The third kappa shape index (κ3) is 6.06. The van der Waals surface area contributed by atoms with E-state index < -0.39 is 5.97 Å². The average Bonchev–Trinajstić information content (AvgIpc) is 3.08. The number of halogens is 1. The molecule has 1 aromatic heterocycles. The number of hydrogen-bond donors (Lipinski definition) is 2. The third-order valence-electron chi connectivity index (χ3n) is 4.53. The molecule has 1 unspecified atom stereocenters. The van der Waals surface area contributed by atoms with E-state index in [1.54, 1.807) is 0 Å². The van der Waals surface area contributed by atoms with E-state index in [-0.39, 0.29) is 17.7 Å². The number of alkyl halides is 1. The number of nitrogens with one attached hydrogen (secondary N) is 2. The number of hydrogen-bond acceptors (Lipinski definition) is 3. The second kappa shape index (κ2) is 10.9. The number of rotatable bonds is 11. The molecule has 0 saturated carbocycles. The molecule has 0 fully saturated rings. The van der Waals surface area contributed by atoms with Gasteiger partial charge in [-0.15, -0.1) is 11.6 Å². The number of amides is 1. The number of carbonyl (C=O) groups is 2. The van der Waals surface area contributed by atoms with E-state index in [0.717, 1.165) is 24.8 Å². The van der Waals surface area contributed by atoms with Crippen molar-refractivity contribution in [3.8, 4) is 0 Å². The molecular formula is C20H27ClN2O3. The first-order valence-electron chi connectivity index (χ1n) is 9.20. The summed E-state index contributed by atoms with van der Waals surface area (Å²) in [7, 11) is 0. The second-order valence-corrected chi connectivity index (χ2v) is 6.62. The lowest BCUT2D eigenvalue weighted by molar-refractivity contribution is -0.140. The molecular weight excluding hydrogens is 352 g/mol. The highest BCUT2D eigenvalue weighted by atomic mass is 35.5. The van der Waals surface area contributed by atoms with Crippen LogP contribution in [0.5, 0.6) is 0 Å². The number of aromatic amines is 1. The van der Waals surface area contributed by atoms with E-state index in [0.29, 0.717) is 26.0 Å². The molecule has 0 saturated heterocycles. The average molecular weight is 379 g/mol. The van der Waals surface area contributed by atoms with Crippen LogP contribution in [0.4, 0.5) is 0 Å². The molecule has 1 amide bonds. The molecule has 5 nitrogen and oxygen atoms in total. The maximum Gasteiger partial charge on any atom is 0.320 e. The molecule has 142 valence electrons. The summed E-state index contributed by atoms with van der Waals surface area (Å²) in [4.78, 5) is 26.5. The lowest BCUT2D eigenvalue weighted by atomic mass is 9.99. The monoisotopic (exact) mass is 378 g/mol. The lowest BCUT2D eigenvalue weighted by Gasteiger charge is -2.15. The van der Waals surface area contributed by atoms with Crippen LogP contribution < -0.4 is 5.32 Å². The Morgan fingerprint density at radius 3 is 2.85 bits per heavy atom.